The predicted molar refractivity (Wildman–Crippen MR) is 128 cm³/mol. The molecule has 194 valence electrons. The molecule has 2 amide bonds. The molecular formula is C25H30F3N5O3. The van der Waals surface area contributed by atoms with E-state index in [9.17, 15) is 18.0 Å². The number of methoxy groups -OCH3 is 1. The van der Waals surface area contributed by atoms with Crippen LogP contribution in [0.15, 0.2) is 36.8 Å². The lowest BCUT2D eigenvalue weighted by Crippen LogP contribution is -2.44. The highest BCUT2D eigenvalue weighted by atomic mass is 19.4. The average molecular weight is 506 g/mol. The molecule has 0 radical (unpaired) electrons. The Morgan fingerprint density at radius 2 is 2.11 bits per heavy atom. The number of imidazole rings is 1. The van der Waals surface area contributed by atoms with Crippen molar-refractivity contribution in [3.63, 3.8) is 0 Å². The number of rotatable bonds is 4. The zero-order chi connectivity index (χ0) is 25.7. The Kier molecular flexibility index (Phi) is 7.85. The number of urea groups is 1. The second-order valence-corrected chi connectivity index (χ2v) is 8.78. The third kappa shape index (κ3) is 6.19. The van der Waals surface area contributed by atoms with E-state index in [1.165, 1.54) is 0 Å². The molecule has 1 atom stereocenters. The number of benzene rings is 1. The Balaban J connectivity index is 1.70. The van der Waals surface area contributed by atoms with Gasteiger partial charge in [0.05, 0.1) is 19.4 Å². The highest BCUT2D eigenvalue weighted by Gasteiger charge is 2.29. The van der Waals surface area contributed by atoms with Gasteiger partial charge in [-0.3, -0.25) is 0 Å². The van der Waals surface area contributed by atoms with E-state index in [1.54, 1.807) is 24.4 Å². The van der Waals surface area contributed by atoms with E-state index in [4.69, 9.17) is 14.5 Å². The van der Waals surface area contributed by atoms with Gasteiger partial charge < -0.3 is 24.1 Å². The molecule has 0 saturated carbocycles. The first-order valence-electron chi connectivity index (χ1n) is 12.0. The highest BCUT2D eigenvalue weighted by molar-refractivity contribution is 5.75. The summed E-state index contributed by atoms with van der Waals surface area (Å²) in [6.45, 7) is 2.83. The van der Waals surface area contributed by atoms with Crippen molar-refractivity contribution in [2.75, 3.05) is 20.3 Å². The largest absolute Gasteiger partial charge is 0.496 e. The summed E-state index contributed by atoms with van der Waals surface area (Å²) in [5, 5.41) is 2.83. The number of halogens is 3. The predicted octanol–water partition coefficient (Wildman–Crippen LogP) is 5.21. The van der Waals surface area contributed by atoms with Crippen molar-refractivity contribution in [1.29, 1.82) is 0 Å². The van der Waals surface area contributed by atoms with E-state index in [1.807, 2.05) is 35.7 Å². The molecular weight excluding hydrogens is 475 g/mol. The molecule has 0 fully saturated rings. The molecule has 1 aliphatic heterocycles. The van der Waals surface area contributed by atoms with E-state index < -0.39 is 18.6 Å². The van der Waals surface area contributed by atoms with E-state index in [-0.39, 0.29) is 19.0 Å². The van der Waals surface area contributed by atoms with E-state index in [2.05, 4.69) is 10.3 Å². The molecule has 0 saturated heterocycles. The van der Waals surface area contributed by atoms with Gasteiger partial charge >= 0.3 is 12.2 Å². The molecule has 0 aliphatic carbocycles. The Labute approximate surface area is 207 Å². The van der Waals surface area contributed by atoms with Gasteiger partial charge in [-0.15, -0.1) is 0 Å². The molecule has 1 aromatic carbocycles. The SMILES string of the molecule is CCN1Cc2ccc(OC)c(c2)-c2cn3ccnc3c(n2)OCCCC[C@H](CCC(F)(F)F)NC1=O. The van der Waals surface area contributed by atoms with Crippen LogP contribution in [-0.4, -0.2) is 57.8 Å². The van der Waals surface area contributed by atoms with Crippen molar-refractivity contribution in [2.24, 2.45) is 0 Å². The van der Waals surface area contributed by atoms with Crippen molar-refractivity contribution < 1.29 is 27.4 Å². The van der Waals surface area contributed by atoms with Gasteiger partial charge in [0.15, 0.2) is 0 Å². The first-order valence-corrected chi connectivity index (χ1v) is 12.0. The van der Waals surface area contributed by atoms with Crippen LogP contribution >= 0.6 is 0 Å². The van der Waals surface area contributed by atoms with Crippen LogP contribution in [-0.2, 0) is 6.54 Å². The number of carbonyl (C=O) groups excluding carboxylic acids is 1. The first-order chi connectivity index (χ1) is 17.3. The minimum atomic E-state index is -4.28. The van der Waals surface area contributed by atoms with Crippen LogP contribution in [0.5, 0.6) is 11.6 Å². The fourth-order valence-corrected chi connectivity index (χ4v) is 4.28. The van der Waals surface area contributed by atoms with E-state index in [0.29, 0.717) is 55.4 Å². The minimum absolute atomic E-state index is 0.168. The number of aromatic nitrogens is 3. The number of nitrogens with zero attached hydrogens (tertiary/aromatic N) is 4. The number of hydrogen-bond donors (Lipinski definition) is 1. The van der Waals surface area contributed by atoms with Gasteiger partial charge in [0.1, 0.15) is 5.75 Å². The summed E-state index contributed by atoms with van der Waals surface area (Å²) in [5.74, 6) is 0.978. The molecule has 0 unspecified atom stereocenters. The summed E-state index contributed by atoms with van der Waals surface area (Å²) >= 11 is 0. The van der Waals surface area contributed by atoms with Crippen LogP contribution in [0.1, 0.15) is 44.6 Å². The Hall–Kier alpha value is -3.50. The lowest BCUT2D eigenvalue weighted by atomic mass is 10.0. The van der Waals surface area contributed by atoms with Crippen molar-refractivity contribution in [2.45, 2.75) is 57.8 Å². The number of alkyl halides is 3. The zero-order valence-corrected chi connectivity index (χ0v) is 20.3. The molecule has 0 spiro atoms. The topological polar surface area (TPSA) is 81.0 Å². The molecule has 4 bridgehead atoms. The number of fused-ring (bicyclic) bond motifs is 7. The van der Waals surface area contributed by atoms with Gasteiger partial charge in [-0.25, -0.2) is 14.8 Å². The number of nitrogens with one attached hydrogen (secondary N) is 1. The summed E-state index contributed by atoms with van der Waals surface area (Å²) in [6, 6.07) is 4.59. The van der Waals surface area contributed by atoms with Gasteiger partial charge in [-0.2, -0.15) is 13.2 Å². The van der Waals surface area contributed by atoms with Crippen molar-refractivity contribution in [1.82, 2.24) is 24.6 Å². The van der Waals surface area contributed by atoms with Crippen LogP contribution in [0.3, 0.4) is 0 Å². The van der Waals surface area contributed by atoms with Crippen molar-refractivity contribution in [3.05, 3.63) is 42.4 Å². The van der Waals surface area contributed by atoms with Gasteiger partial charge in [0.25, 0.3) is 5.88 Å². The monoisotopic (exact) mass is 505 g/mol. The molecule has 1 N–H and O–H groups in total. The number of hydrogen-bond acceptors (Lipinski definition) is 5. The summed E-state index contributed by atoms with van der Waals surface area (Å²) in [4.78, 5) is 23.6. The Morgan fingerprint density at radius 3 is 2.86 bits per heavy atom. The molecule has 2 aromatic heterocycles. The first kappa shape index (κ1) is 25.6. The molecule has 11 heteroatoms. The third-order valence-corrected chi connectivity index (χ3v) is 6.22. The zero-order valence-electron chi connectivity index (χ0n) is 20.3. The maximum absolute atomic E-state index is 13.0. The Morgan fingerprint density at radius 1 is 1.28 bits per heavy atom. The maximum Gasteiger partial charge on any atom is 0.389 e. The molecule has 36 heavy (non-hydrogen) atoms. The van der Waals surface area contributed by atoms with Gasteiger partial charge in [0, 0.05) is 49.7 Å². The summed E-state index contributed by atoms with van der Waals surface area (Å²) in [6.07, 6.45) is 1.51. The van der Waals surface area contributed by atoms with Crippen LogP contribution in [0.25, 0.3) is 16.9 Å². The number of ether oxygens (including phenoxy) is 2. The fourth-order valence-electron chi connectivity index (χ4n) is 4.28. The summed E-state index contributed by atoms with van der Waals surface area (Å²) in [5.41, 5.74) is 2.75. The highest BCUT2D eigenvalue weighted by Crippen LogP contribution is 2.32. The molecule has 1 aliphatic rings. The van der Waals surface area contributed by atoms with E-state index >= 15 is 0 Å². The molecule has 4 rings (SSSR count). The molecule has 8 nitrogen and oxygen atoms in total. The van der Waals surface area contributed by atoms with Crippen LogP contribution in [0.2, 0.25) is 0 Å². The lowest BCUT2D eigenvalue weighted by molar-refractivity contribution is -0.136. The fraction of sp³-hybridized carbons (Fsp3) is 0.480. The smallest absolute Gasteiger partial charge is 0.389 e. The number of carbonyl (C=O) groups is 1. The molecule has 3 aromatic rings. The standard InChI is InChI=1S/C25H30F3N5O3/c1-3-32-15-17-7-8-21(35-2)19(14-17)20-16-33-12-11-29-22(33)23(31-20)36-13-5-4-6-18(30-24(32)34)9-10-25(26,27)28/h7-8,11-12,14,16,18H,3-6,9-10,13,15H2,1-2H3,(H,30,34)/t18-/m1/s1. The number of amides is 2. The maximum atomic E-state index is 13.0. The normalized spacial score (nSPS) is 17.5. The second kappa shape index (κ2) is 11.0. The van der Waals surface area contributed by atoms with E-state index in [0.717, 1.165) is 11.1 Å². The van der Waals surface area contributed by atoms with Crippen LogP contribution in [0, 0.1) is 0 Å². The quantitative estimate of drug-likeness (QED) is 0.527. The minimum Gasteiger partial charge on any atom is -0.496 e. The van der Waals surface area contributed by atoms with Crippen LogP contribution in [0.4, 0.5) is 18.0 Å². The summed E-state index contributed by atoms with van der Waals surface area (Å²) in [7, 11) is 1.57. The molecule has 3 heterocycles. The van der Waals surface area contributed by atoms with Crippen LogP contribution < -0.4 is 14.8 Å². The second-order valence-electron chi connectivity index (χ2n) is 8.78. The van der Waals surface area contributed by atoms with Gasteiger partial charge in [0.2, 0.25) is 5.65 Å². The lowest BCUT2D eigenvalue weighted by Gasteiger charge is -2.26. The third-order valence-electron chi connectivity index (χ3n) is 6.22. The van der Waals surface area contributed by atoms with Gasteiger partial charge in [-0.1, -0.05) is 6.07 Å². The summed E-state index contributed by atoms with van der Waals surface area (Å²) < 4.78 is 52.0. The van der Waals surface area contributed by atoms with Crippen molar-refractivity contribution >= 4 is 11.7 Å². The Bertz CT molecular complexity index is 1200. The van der Waals surface area contributed by atoms with Crippen molar-refractivity contribution in [3.8, 4) is 22.9 Å². The van der Waals surface area contributed by atoms with Gasteiger partial charge in [-0.05, 0) is 50.3 Å². The average Bonchev–Trinajstić information content (AvgIpc) is 3.33.